The highest BCUT2D eigenvalue weighted by Gasteiger charge is 2.08. The fraction of sp³-hybridized carbons (Fsp3) is 0. The van der Waals surface area contributed by atoms with Gasteiger partial charge in [0.05, 0.1) is 5.69 Å². The van der Waals surface area contributed by atoms with Crippen molar-refractivity contribution >= 4 is 34.2 Å². The third-order valence-electron chi connectivity index (χ3n) is 2.24. The van der Waals surface area contributed by atoms with Crippen LogP contribution in [0.3, 0.4) is 0 Å². The first-order chi connectivity index (χ1) is 8.16. The summed E-state index contributed by atoms with van der Waals surface area (Å²) in [7, 11) is 0. The van der Waals surface area contributed by atoms with Gasteiger partial charge in [-0.25, -0.2) is 0 Å². The Hall–Kier alpha value is -1.56. The summed E-state index contributed by atoms with van der Waals surface area (Å²) in [6.45, 7) is 0. The molecule has 0 fully saturated rings. The van der Waals surface area contributed by atoms with Crippen molar-refractivity contribution in [3.8, 4) is 5.75 Å². The molecule has 0 aromatic heterocycles. The molecule has 0 radical (unpaired) electrons. The number of phenols is 1. The predicted molar refractivity (Wildman–Crippen MR) is 75.2 cm³/mol. The van der Waals surface area contributed by atoms with Crippen molar-refractivity contribution in [3.05, 3.63) is 57.7 Å². The average molecular weight is 339 g/mol. The Bertz CT molecular complexity index is 540. The van der Waals surface area contributed by atoms with Crippen LogP contribution in [0.25, 0.3) is 0 Å². The molecule has 0 saturated carbocycles. The molecule has 2 aromatic carbocycles. The number of rotatable bonds is 2. The molecule has 0 aliphatic carbocycles. The standard InChI is InChI=1S/C13H10INO2/c14-10-6-7-11(12(16)8-10)15-13(17)9-4-2-1-3-5-9/h1-8,16H,(H,15,17). The van der Waals surface area contributed by atoms with E-state index in [0.717, 1.165) is 3.57 Å². The highest BCUT2D eigenvalue weighted by Crippen LogP contribution is 2.25. The highest BCUT2D eigenvalue weighted by atomic mass is 127. The molecule has 0 spiro atoms. The van der Waals surface area contributed by atoms with E-state index in [1.54, 1.807) is 36.4 Å². The van der Waals surface area contributed by atoms with Crippen molar-refractivity contribution in [3.63, 3.8) is 0 Å². The summed E-state index contributed by atoms with van der Waals surface area (Å²) in [6, 6.07) is 14.0. The zero-order chi connectivity index (χ0) is 12.3. The summed E-state index contributed by atoms with van der Waals surface area (Å²) < 4.78 is 0.915. The quantitative estimate of drug-likeness (QED) is 0.652. The molecule has 2 rings (SSSR count). The highest BCUT2D eigenvalue weighted by molar-refractivity contribution is 14.1. The van der Waals surface area contributed by atoms with Crippen LogP contribution in [0.15, 0.2) is 48.5 Å². The van der Waals surface area contributed by atoms with Crippen LogP contribution in [0, 0.1) is 3.57 Å². The Kier molecular flexibility index (Phi) is 3.63. The summed E-state index contributed by atoms with van der Waals surface area (Å²) in [6.07, 6.45) is 0. The second-order valence-corrected chi connectivity index (χ2v) is 4.73. The van der Waals surface area contributed by atoms with Crippen LogP contribution in [-0.4, -0.2) is 11.0 Å². The smallest absolute Gasteiger partial charge is 0.255 e. The van der Waals surface area contributed by atoms with E-state index in [1.807, 2.05) is 12.1 Å². The Labute approximate surface area is 113 Å². The summed E-state index contributed by atoms with van der Waals surface area (Å²) in [5, 5.41) is 12.3. The predicted octanol–water partition coefficient (Wildman–Crippen LogP) is 3.25. The van der Waals surface area contributed by atoms with Gasteiger partial charge in [0.2, 0.25) is 0 Å². The third-order valence-corrected chi connectivity index (χ3v) is 2.91. The second-order valence-electron chi connectivity index (χ2n) is 3.48. The number of carbonyl (C=O) groups is 1. The maximum absolute atomic E-state index is 11.8. The molecule has 0 aliphatic heterocycles. The van der Waals surface area contributed by atoms with Crippen LogP contribution in [0.2, 0.25) is 0 Å². The Morgan fingerprint density at radius 1 is 1.12 bits per heavy atom. The zero-order valence-corrected chi connectivity index (χ0v) is 11.0. The Morgan fingerprint density at radius 2 is 1.82 bits per heavy atom. The molecular weight excluding hydrogens is 329 g/mol. The minimum absolute atomic E-state index is 0.0705. The van der Waals surface area contributed by atoms with Crippen LogP contribution in [-0.2, 0) is 0 Å². The first-order valence-electron chi connectivity index (χ1n) is 5.02. The van der Waals surface area contributed by atoms with Crippen LogP contribution in [0.5, 0.6) is 5.75 Å². The van der Waals surface area contributed by atoms with E-state index in [0.29, 0.717) is 11.3 Å². The van der Waals surface area contributed by atoms with Crippen molar-refractivity contribution in [2.24, 2.45) is 0 Å². The molecule has 86 valence electrons. The fourth-order valence-corrected chi connectivity index (χ4v) is 1.87. The van der Waals surface area contributed by atoms with Gasteiger partial charge < -0.3 is 10.4 Å². The zero-order valence-electron chi connectivity index (χ0n) is 8.85. The van der Waals surface area contributed by atoms with E-state index in [4.69, 9.17) is 0 Å². The molecule has 17 heavy (non-hydrogen) atoms. The molecule has 1 amide bonds. The summed E-state index contributed by atoms with van der Waals surface area (Å²) in [5.41, 5.74) is 0.977. The van der Waals surface area contributed by atoms with Crippen molar-refractivity contribution in [2.75, 3.05) is 5.32 Å². The van der Waals surface area contributed by atoms with Gasteiger partial charge in [0.15, 0.2) is 0 Å². The van der Waals surface area contributed by atoms with Crippen LogP contribution >= 0.6 is 22.6 Å². The van der Waals surface area contributed by atoms with Gasteiger partial charge in [0.25, 0.3) is 5.91 Å². The lowest BCUT2D eigenvalue weighted by molar-refractivity contribution is 0.102. The topological polar surface area (TPSA) is 49.3 Å². The van der Waals surface area contributed by atoms with Gasteiger partial charge in [-0.3, -0.25) is 4.79 Å². The van der Waals surface area contributed by atoms with E-state index in [-0.39, 0.29) is 11.7 Å². The molecule has 0 aliphatic rings. The molecule has 0 bridgehead atoms. The number of hydrogen-bond donors (Lipinski definition) is 2. The lowest BCUT2D eigenvalue weighted by Gasteiger charge is -2.07. The average Bonchev–Trinajstić information content (AvgIpc) is 2.34. The molecule has 2 aromatic rings. The summed E-state index contributed by atoms with van der Waals surface area (Å²) in [5.74, 6) is -0.164. The number of benzene rings is 2. The van der Waals surface area contributed by atoms with E-state index in [2.05, 4.69) is 27.9 Å². The lowest BCUT2D eigenvalue weighted by atomic mass is 10.2. The fourth-order valence-electron chi connectivity index (χ4n) is 1.39. The maximum Gasteiger partial charge on any atom is 0.255 e. The van der Waals surface area contributed by atoms with Crippen molar-refractivity contribution in [2.45, 2.75) is 0 Å². The first kappa shape index (κ1) is 11.9. The summed E-state index contributed by atoms with van der Waals surface area (Å²) >= 11 is 2.09. The molecule has 0 saturated heterocycles. The van der Waals surface area contributed by atoms with Gasteiger partial charge in [-0.2, -0.15) is 0 Å². The van der Waals surface area contributed by atoms with Gasteiger partial charge in [-0.1, -0.05) is 18.2 Å². The largest absolute Gasteiger partial charge is 0.506 e. The van der Waals surface area contributed by atoms with Gasteiger partial charge in [0.1, 0.15) is 5.75 Å². The van der Waals surface area contributed by atoms with Crippen LogP contribution in [0.1, 0.15) is 10.4 Å². The SMILES string of the molecule is O=C(Nc1ccc(I)cc1O)c1ccccc1. The van der Waals surface area contributed by atoms with Crippen molar-refractivity contribution < 1.29 is 9.90 Å². The monoisotopic (exact) mass is 339 g/mol. The van der Waals surface area contributed by atoms with Gasteiger partial charge in [-0.15, -0.1) is 0 Å². The van der Waals surface area contributed by atoms with E-state index in [1.165, 1.54) is 0 Å². The molecule has 0 atom stereocenters. The van der Waals surface area contributed by atoms with E-state index in [9.17, 15) is 9.90 Å². The number of phenolic OH excluding ortho intramolecular Hbond substituents is 1. The Balaban J connectivity index is 2.19. The number of halogens is 1. The second kappa shape index (κ2) is 5.18. The molecule has 2 N–H and O–H groups in total. The van der Waals surface area contributed by atoms with Gasteiger partial charge in [-0.05, 0) is 52.9 Å². The molecule has 3 nitrogen and oxygen atoms in total. The normalized spacial score (nSPS) is 9.94. The number of aromatic hydroxyl groups is 1. The molecule has 4 heteroatoms. The maximum atomic E-state index is 11.8. The first-order valence-corrected chi connectivity index (χ1v) is 6.09. The minimum Gasteiger partial charge on any atom is -0.506 e. The minimum atomic E-state index is -0.234. The molecular formula is C13H10INO2. The van der Waals surface area contributed by atoms with E-state index < -0.39 is 0 Å². The number of carbonyl (C=O) groups excluding carboxylic acids is 1. The van der Waals surface area contributed by atoms with Gasteiger partial charge in [0, 0.05) is 9.13 Å². The lowest BCUT2D eigenvalue weighted by Crippen LogP contribution is -2.11. The summed E-state index contributed by atoms with van der Waals surface area (Å²) in [4.78, 5) is 11.8. The van der Waals surface area contributed by atoms with Crippen molar-refractivity contribution in [1.82, 2.24) is 0 Å². The third kappa shape index (κ3) is 2.97. The Morgan fingerprint density at radius 3 is 2.47 bits per heavy atom. The van der Waals surface area contributed by atoms with E-state index >= 15 is 0 Å². The number of nitrogens with one attached hydrogen (secondary N) is 1. The number of anilines is 1. The molecule has 0 unspecified atom stereocenters. The number of hydrogen-bond acceptors (Lipinski definition) is 2. The van der Waals surface area contributed by atoms with Gasteiger partial charge >= 0.3 is 0 Å². The number of amides is 1. The molecule has 0 heterocycles. The van der Waals surface area contributed by atoms with Crippen molar-refractivity contribution in [1.29, 1.82) is 0 Å². The van der Waals surface area contributed by atoms with Crippen LogP contribution in [0.4, 0.5) is 5.69 Å². The van der Waals surface area contributed by atoms with Crippen LogP contribution < -0.4 is 5.32 Å².